The van der Waals surface area contributed by atoms with E-state index in [1.165, 1.54) is 19.3 Å². The summed E-state index contributed by atoms with van der Waals surface area (Å²) in [7, 11) is 0. The van der Waals surface area contributed by atoms with Crippen LogP contribution in [0.3, 0.4) is 0 Å². The number of aromatic nitrogens is 2. The zero-order chi connectivity index (χ0) is 11.6. The smallest absolute Gasteiger partial charge is 0.313 e. The van der Waals surface area contributed by atoms with Gasteiger partial charge in [-0.1, -0.05) is 20.8 Å². The second-order valence-electron chi connectivity index (χ2n) is 6.49. The van der Waals surface area contributed by atoms with Crippen LogP contribution in [-0.2, 0) is 0 Å². The molecule has 0 amide bonds. The Morgan fingerprint density at radius 2 is 2.19 bits per heavy atom. The highest BCUT2D eigenvalue weighted by Gasteiger charge is 2.60. The normalized spacial score (nSPS) is 40.4. The fraction of sp³-hybridized carbons (Fsp3) is 0.769. The van der Waals surface area contributed by atoms with E-state index in [0.717, 1.165) is 5.92 Å². The maximum Gasteiger partial charge on any atom is 0.325 e. The molecule has 3 atom stereocenters. The first-order valence-electron chi connectivity index (χ1n) is 6.21. The zero-order valence-corrected chi connectivity index (χ0v) is 10.3. The number of hydrogen-bond donors (Lipinski definition) is 1. The van der Waals surface area contributed by atoms with Gasteiger partial charge >= 0.3 is 5.69 Å². The minimum atomic E-state index is 0.0480. The Morgan fingerprint density at radius 3 is 2.69 bits per heavy atom. The summed E-state index contributed by atoms with van der Waals surface area (Å²) in [4.78, 5) is 14.6. The molecule has 2 aliphatic carbocycles. The number of aromatic amines is 1. The van der Waals surface area contributed by atoms with Crippen LogP contribution in [0.4, 0.5) is 0 Å². The van der Waals surface area contributed by atoms with E-state index in [4.69, 9.17) is 0 Å². The molecule has 0 spiro atoms. The van der Waals surface area contributed by atoms with Crippen LogP contribution in [0.1, 0.15) is 46.1 Å². The number of hydrogen-bond acceptors (Lipinski definition) is 1. The fourth-order valence-electron chi connectivity index (χ4n) is 4.50. The van der Waals surface area contributed by atoms with Crippen LogP contribution in [0.25, 0.3) is 0 Å². The molecule has 16 heavy (non-hydrogen) atoms. The minimum Gasteiger partial charge on any atom is -0.313 e. The Kier molecular flexibility index (Phi) is 1.79. The highest BCUT2D eigenvalue weighted by molar-refractivity contribution is 5.11. The summed E-state index contributed by atoms with van der Waals surface area (Å²) in [6.45, 7) is 7.00. The van der Waals surface area contributed by atoms with E-state index in [-0.39, 0.29) is 11.1 Å². The highest BCUT2D eigenvalue weighted by atomic mass is 16.1. The van der Waals surface area contributed by atoms with Crippen LogP contribution in [0, 0.1) is 16.7 Å². The van der Waals surface area contributed by atoms with Gasteiger partial charge in [-0.2, -0.15) is 0 Å². The lowest BCUT2D eigenvalue weighted by molar-refractivity contribution is 0.0809. The summed E-state index contributed by atoms with van der Waals surface area (Å²) in [6, 6.07) is 0.359. The Bertz CT molecular complexity index is 466. The quantitative estimate of drug-likeness (QED) is 0.776. The SMILES string of the molecule is CC12CCC(C1)C(C)(C)C2n1cc[nH]c1=O. The van der Waals surface area contributed by atoms with Crippen LogP contribution in [-0.4, -0.2) is 9.55 Å². The third-order valence-electron chi connectivity index (χ3n) is 5.15. The number of nitrogens with one attached hydrogen (secondary N) is 1. The Labute approximate surface area is 95.9 Å². The van der Waals surface area contributed by atoms with E-state index in [9.17, 15) is 4.79 Å². The van der Waals surface area contributed by atoms with Gasteiger partial charge in [0.05, 0.1) is 0 Å². The van der Waals surface area contributed by atoms with Crippen LogP contribution in [0.15, 0.2) is 17.2 Å². The maximum absolute atomic E-state index is 11.8. The van der Waals surface area contributed by atoms with Crippen molar-refractivity contribution < 1.29 is 0 Å². The van der Waals surface area contributed by atoms with Gasteiger partial charge in [-0.15, -0.1) is 0 Å². The first-order valence-corrected chi connectivity index (χ1v) is 6.21. The lowest BCUT2D eigenvalue weighted by Crippen LogP contribution is -2.40. The van der Waals surface area contributed by atoms with Crippen LogP contribution >= 0.6 is 0 Å². The van der Waals surface area contributed by atoms with Crippen molar-refractivity contribution in [1.82, 2.24) is 9.55 Å². The largest absolute Gasteiger partial charge is 0.325 e. The van der Waals surface area contributed by atoms with Crippen molar-refractivity contribution in [3.05, 3.63) is 22.9 Å². The van der Waals surface area contributed by atoms with Crippen LogP contribution < -0.4 is 5.69 Å². The van der Waals surface area contributed by atoms with E-state index >= 15 is 0 Å². The van der Waals surface area contributed by atoms with Crippen molar-refractivity contribution >= 4 is 0 Å². The first-order chi connectivity index (χ1) is 7.45. The molecule has 3 unspecified atom stereocenters. The van der Waals surface area contributed by atoms with Crippen molar-refractivity contribution in [2.45, 2.75) is 46.1 Å². The third-order valence-corrected chi connectivity index (χ3v) is 5.15. The second kappa shape index (κ2) is 2.82. The highest BCUT2D eigenvalue weighted by Crippen LogP contribution is 2.67. The molecule has 2 bridgehead atoms. The van der Waals surface area contributed by atoms with Gasteiger partial charge < -0.3 is 4.98 Å². The Balaban J connectivity index is 2.14. The number of nitrogens with zero attached hydrogens (tertiary/aromatic N) is 1. The molecular formula is C13H20N2O. The predicted octanol–water partition coefficient (Wildman–Crippen LogP) is 2.56. The molecule has 1 aromatic heterocycles. The van der Waals surface area contributed by atoms with Crippen molar-refractivity contribution in [2.75, 3.05) is 0 Å². The second-order valence-corrected chi connectivity index (χ2v) is 6.49. The molecular weight excluding hydrogens is 200 g/mol. The number of imidazole rings is 1. The average Bonchev–Trinajstić information content (AvgIpc) is 2.78. The Hall–Kier alpha value is -0.990. The van der Waals surface area contributed by atoms with Crippen molar-refractivity contribution in [3.63, 3.8) is 0 Å². The molecule has 88 valence electrons. The van der Waals surface area contributed by atoms with Gasteiger partial charge in [0, 0.05) is 18.4 Å². The number of rotatable bonds is 1. The van der Waals surface area contributed by atoms with Gasteiger partial charge in [0.2, 0.25) is 0 Å². The molecule has 0 aliphatic heterocycles. The molecule has 1 aromatic rings. The van der Waals surface area contributed by atoms with Crippen molar-refractivity contribution in [3.8, 4) is 0 Å². The van der Waals surface area contributed by atoms with Gasteiger partial charge in [0.15, 0.2) is 0 Å². The summed E-state index contributed by atoms with van der Waals surface area (Å²) in [5.41, 5.74) is 0.617. The van der Waals surface area contributed by atoms with E-state index in [1.807, 2.05) is 10.8 Å². The number of fused-ring (bicyclic) bond motifs is 2. The van der Waals surface area contributed by atoms with E-state index in [0.29, 0.717) is 11.5 Å². The first kappa shape index (κ1) is 10.2. The molecule has 2 saturated carbocycles. The molecule has 3 rings (SSSR count). The van der Waals surface area contributed by atoms with Crippen LogP contribution in [0.5, 0.6) is 0 Å². The molecule has 2 fully saturated rings. The number of H-pyrrole nitrogens is 1. The lowest BCUT2D eigenvalue weighted by Gasteiger charge is -2.42. The third kappa shape index (κ3) is 1.06. The van der Waals surface area contributed by atoms with Gasteiger partial charge in [-0.05, 0) is 36.0 Å². The van der Waals surface area contributed by atoms with E-state index in [2.05, 4.69) is 25.8 Å². The molecule has 0 saturated heterocycles. The molecule has 0 radical (unpaired) electrons. The van der Waals surface area contributed by atoms with Crippen molar-refractivity contribution in [1.29, 1.82) is 0 Å². The van der Waals surface area contributed by atoms with Gasteiger partial charge in [0.1, 0.15) is 0 Å². The molecule has 0 aromatic carbocycles. The summed E-state index contributed by atoms with van der Waals surface area (Å²) in [5, 5.41) is 0. The summed E-state index contributed by atoms with van der Waals surface area (Å²) in [6.07, 6.45) is 7.55. The molecule has 3 heteroatoms. The minimum absolute atomic E-state index is 0.0480. The van der Waals surface area contributed by atoms with E-state index in [1.54, 1.807) is 6.20 Å². The fourth-order valence-corrected chi connectivity index (χ4v) is 4.50. The molecule has 2 aliphatic rings. The summed E-state index contributed by atoms with van der Waals surface area (Å²) in [5.74, 6) is 0.782. The zero-order valence-electron chi connectivity index (χ0n) is 10.3. The van der Waals surface area contributed by atoms with Crippen molar-refractivity contribution in [2.24, 2.45) is 16.7 Å². The Morgan fingerprint density at radius 1 is 1.44 bits per heavy atom. The molecule has 3 nitrogen and oxygen atoms in total. The average molecular weight is 220 g/mol. The molecule has 1 heterocycles. The van der Waals surface area contributed by atoms with Crippen LogP contribution in [0.2, 0.25) is 0 Å². The summed E-state index contributed by atoms with van der Waals surface area (Å²) < 4.78 is 1.93. The topological polar surface area (TPSA) is 37.8 Å². The predicted molar refractivity (Wildman–Crippen MR) is 63.3 cm³/mol. The van der Waals surface area contributed by atoms with Gasteiger partial charge in [-0.25, -0.2) is 4.79 Å². The monoisotopic (exact) mass is 220 g/mol. The van der Waals surface area contributed by atoms with Gasteiger partial charge in [0.25, 0.3) is 0 Å². The summed E-state index contributed by atoms with van der Waals surface area (Å²) >= 11 is 0. The maximum atomic E-state index is 11.8. The molecule has 1 N–H and O–H groups in total. The van der Waals surface area contributed by atoms with Gasteiger partial charge in [-0.3, -0.25) is 4.57 Å². The standard InChI is InChI=1S/C13H20N2O/c1-12(2)9-4-5-13(3,8-9)10(12)15-7-6-14-11(15)16/h6-7,9-10H,4-5,8H2,1-3H3,(H,14,16). The van der Waals surface area contributed by atoms with E-state index < -0.39 is 0 Å². The lowest BCUT2D eigenvalue weighted by atomic mass is 9.68.